The second kappa shape index (κ2) is 6.28. The maximum absolute atomic E-state index is 11.8. The van der Waals surface area contributed by atoms with Gasteiger partial charge in [0.15, 0.2) is 0 Å². The number of rotatable bonds is 5. The van der Waals surface area contributed by atoms with Crippen LogP contribution in [0.15, 0.2) is 24.3 Å². The fourth-order valence-electron chi connectivity index (χ4n) is 1.48. The van der Waals surface area contributed by atoms with Crippen LogP contribution in [0.3, 0.4) is 0 Å². The molecular formula is C14H22N2O. The maximum Gasteiger partial charge on any atom is 0.251 e. The topological polar surface area (TPSA) is 41.1 Å². The molecule has 0 fully saturated rings. The lowest BCUT2D eigenvalue weighted by atomic mass is 10.1. The van der Waals surface area contributed by atoms with Gasteiger partial charge in [0.05, 0.1) is 0 Å². The predicted molar refractivity (Wildman–Crippen MR) is 72.4 cm³/mol. The Morgan fingerprint density at radius 2 is 2.00 bits per heavy atom. The van der Waals surface area contributed by atoms with Gasteiger partial charge in [0.25, 0.3) is 5.91 Å². The molecule has 1 amide bonds. The third-order valence-corrected chi connectivity index (χ3v) is 2.57. The highest BCUT2D eigenvalue weighted by atomic mass is 16.1. The van der Waals surface area contributed by atoms with Crippen LogP contribution in [-0.4, -0.2) is 18.0 Å². The zero-order valence-corrected chi connectivity index (χ0v) is 11.1. The molecule has 0 aliphatic heterocycles. The van der Waals surface area contributed by atoms with Gasteiger partial charge in [-0.1, -0.05) is 13.0 Å². The summed E-state index contributed by atoms with van der Waals surface area (Å²) in [5.74, 6) is -0.0206. The van der Waals surface area contributed by atoms with Gasteiger partial charge in [0.2, 0.25) is 0 Å². The van der Waals surface area contributed by atoms with Gasteiger partial charge >= 0.3 is 0 Å². The van der Waals surface area contributed by atoms with Crippen molar-refractivity contribution in [3.8, 4) is 0 Å². The normalized spacial score (nSPS) is 12.3. The lowest BCUT2D eigenvalue weighted by Gasteiger charge is -2.14. The summed E-state index contributed by atoms with van der Waals surface area (Å²) >= 11 is 0. The number of amides is 1. The van der Waals surface area contributed by atoms with Crippen molar-refractivity contribution in [1.29, 1.82) is 0 Å². The van der Waals surface area contributed by atoms with E-state index in [2.05, 4.69) is 24.5 Å². The number of anilines is 1. The summed E-state index contributed by atoms with van der Waals surface area (Å²) in [6.07, 6.45) is 1.06. The molecule has 1 aromatic rings. The summed E-state index contributed by atoms with van der Waals surface area (Å²) in [6, 6.07) is 8.19. The first kappa shape index (κ1) is 13.6. The highest BCUT2D eigenvalue weighted by Gasteiger charge is 2.07. The second-order valence-electron chi connectivity index (χ2n) is 4.66. The summed E-state index contributed by atoms with van der Waals surface area (Å²) in [5, 5.41) is 6.25. The molecule has 0 aliphatic carbocycles. The Morgan fingerprint density at radius 3 is 2.59 bits per heavy atom. The molecule has 1 unspecified atom stereocenters. The van der Waals surface area contributed by atoms with Gasteiger partial charge in [0, 0.05) is 23.3 Å². The molecule has 0 spiro atoms. The number of carbonyl (C=O) groups excluding carboxylic acids is 1. The van der Waals surface area contributed by atoms with Crippen molar-refractivity contribution >= 4 is 11.6 Å². The first-order chi connectivity index (χ1) is 8.02. The van der Waals surface area contributed by atoms with Gasteiger partial charge in [-0.25, -0.2) is 0 Å². The molecule has 0 aromatic heterocycles. The van der Waals surface area contributed by atoms with Gasteiger partial charge in [-0.05, 0) is 45.4 Å². The number of hydrogen-bond donors (Lipinski definition) is 2. The molecule has 0 radical (unpaired) electrons. The van der Waals surface area contributed by atoms with Crippen LogP contribution in [0.25, 0.3) is 0 Å². The van der Waals surface area contributed by atoms with E-state index in [0.717, 1.165) is 12.1 Å². The second-order valence-corrected chi connectivity index (χ2v) is 4.66. The highest BCUT2D eigenvalue weighted by molar-refractivity contribution is 5.95. The molecule has 1 atom stereocenters. The van der Waals surface area contributed by atoms with Crippen LogP contribution < -0.4 is 10.6 Å². The van der Waals surface area contributed by atoms with Crippen LogP contribution in [0.2, 0.25) is 0 Å². The van der Waals surface area contributed by atoms with E-state index in [1.807, 2.05) is 38.1 Å². The third kappa shape index (κ3) is 4.47. The van der Waals surface area contributed by atoms with Crippen molar-refractivity contribution in [2.45, 2.75) is 46.2 Å². The Kier molecular flexibility index (Phi) is 5.01. The number of benzene rings is 1. The average molecular weight is 234 g/mol. The minimum atomic E-state index is -0.0206. The van der Waals surface area contributed by atoms with Crippen LogP contribution in [-0.2, 0) is 0 Å². The number of carbonyl (C=O) groups is 1. The van der Waals surface area contributed by atoms with Gasteiger partial charge in [0.1, 0.15) is 0 Å². The molecule has 1 rings (SSSR count). The van der Waals surface area contributed by atoms with Crippen molar-refractivity contribution in [1.82, 2.24) is 5.32 Å². The average Bonchev–Trinajstić information content (AvgIpc) is 2.28. The predicted octanol–water partition coefficient (Wildman–Crippen LogP) is 3.04. The zero-order chi connectivity index (χ0) is 12.8. The molecule has 0 saturated heterocycles. The van der Waals surface area contributed by atoms with E-state index in [1.54, 1.807) is 0 Å². The SMILES string of the molecule is CCC(C)Nc1cccc(C(=O)NC(C)C)c1. The molecule has 2 N–H and O–H groups in total. The Morgan fingerprint density at radius 1 is 1.29 bits per heavy atom. The lowest BCUT2D eigenvalue weighted by molar-refractivity contribution is 0.0943. The van der Waals surface area contributed by atoms with Crippen molar-refractivity contribution in [2.75, 3.05) is 5.32 Å². The van der Waals surface area contributed by atoms with E-state index in [4.69, 9.17) is 0 Å². The van der Waals surface area contributed by atoms with Crippen LogP contribution in [0, 0.1) is 0 Å². The standard InChI is InChI=1S/C14H22N2O/c1-5-11(4)16-13-8-6-7-12(9-13)14(17)15-10(2)3/h6-11,16H,5H2,1-4H3,(H,15,17). The highest BCUT2D eigenvalue weighted by Crippen LogP contribution is 2.12. The molecule has 0 heterocycles. The summed E-state index contributed by atoms with van der Waals surface area (Å²) in [6.45, 7) is 8.17. The van der Waals surface area contributed by atoms with Crippen LogP contribution in [0.4, 0.5) is 5.69 Å². The third-order valence-electron chi connectivity index (χ3n) is 2.57. The van der Waals surface area contributed by atoms with Crippen LogP contribution >= 0.6 is 0 Å². The van der Waals surface area contributed by atoms with Gasteiger partial charge in [-0.3, -0.25) is 4.79 Å². The molecule has 3 nitrogen and oxygen atoms in total. The van der Waals surface area contributed by atoms with Crippen molar-refractivity contribution in [2.24, 2.45) is 0 Å². The summed E-state index contributed by atoms with van der Waals surface area (Å²) in [4.78, 5) is 11.8. The van der Waals surface area contributed by atoms with Crippen LogP contribution in [0.1, 0.15) is 44.5 Å². The quantitative estimate of drug-likeness (QED) is 0.822. The Bertz CT molecular complexity index is 374. The van der Waals surface area contributed by atoms with E-state index in [9.17, 15) is 4.79 Å². The van der Waals surface area contributed by atoms with Gasteiger partial charge in [-0.15, -0.1) is 0 Å². The fourth-order valence-corrected chi connectivity index (χ4v) is 1.48. The molecule has 3 heteroatoms. The number of nitrogens with one attached hydrogen (secondary N) is 2. The minimum absolute atomic E-state index is 0.0206. The Balaban J connectivity index is 2.75. The number of hydrogen-bond acceptors (Lipinski definition) is 2. The first-order valence-corrected chi connectivity index (χ1v) is 6.20. The maximum atomic E-state index is 11.8. The summed E-state index contributed by atoms with van der Waals surface area (Å²) in [7, 11) is 0. The zero-order valence-electron chi connectivity index (χ0n) is 11.1. The fraction of sp³-hybridized carbons (Fsp3) is 0.500. The summed E-state index contributed by atoms with van der Waals surface area (Å²) < 4.78 is 0. The van der Waals surface area contributed by atoms with E-state index in [1.165, 1.54) is 0 Å². The van der Waals surface area contributed by atoms with E-state index >= 15 is 0 Å². The van der Waals surface area contributed by atoms with E-state index in [0.29, 0.717) is 11.6 Å². The van der Waals surface area contributed by atoms with E-state index < -0.39 is 0 Å². The molecule has 0 saturated carbocycles. The Hall–Kier alpha value is -1.51. The van der Waals surface area contributed by atoms with Gasteiger partial charge in [-0.2, -0.15) is 0 Å². The largest absolute Gasteiger partial charge is 0.383 e. The molecule has 94 valence electrons. The monoisotopic (exact) mass is 234 g/mol. The lowest BCUT2D eigenvalue weighted by Crippen LogP contribution is -2.30. The smallest absolute Gasteiger partial charge is 0.251 e. The van der Waals surface area contributed by atoms with Crippen molar-refractivity contribution in [3.63, 3.8) is 0 Å². The van der Waals surface area contributed by atoms with Gasteiger partial charge < -0.3 is 10.6 Å². The van der Waals surface area contributed by atoms with Crippen LogP contribution in [0.5, 0.6) is 0 Å². The molecule has 0 aliphatic rings. The molecular weight excluding hydrogens is 212 g/mol. The molecule has 17 heavy (non-hydrogen) atoms. The van der Waals surface area contributed by atoms with Crippen molar-refractivity contribution in [3.05, 3.63) is 29.8 Å². The summed E-state index contributed by atoms with van der Waals surface area (Å²) in [5.41, 5.74) is 1.70. The van der Waals surface area contributed by atoms with Crippen molar-refractivity contribution < 1.29 is 4.79 Å². The Labute approximate surface area is 104 Å². The molecule has 1 aromatic carbocycles. The minimum Gasteiger partial charge on any atom is -0.383 e. The first-order valence-electron chi connectivity index (χ1n) is 6.20. The van der Waals surface area contributed by atoms with E-state index in [-0.39, 0.29) is 11.9 Å². The molecule has 0 bridgehead atoms.